The normalized spacial score (nSPS) is 21.0. The van der Waals surface area contributed by atoms with Crippen molar-refractivity contribution in [3.63, 3.8) is 0 Å². The Morgan fingerprint density at radius 2 is 2.25 bits per heavy atom. The van der Waals surface area contributed by atoms with Gasteiger partial charge in [-0.25, -0.2) is 4.68 Å². The molecule has 1 saturated heterocycles. The summed E-state index contributed by atoms with van der Waals surface area (Å²) in [5.41, 5.74) is 0.772. The number of aliphatic hydroxyl groups is 1. The fourth-order valence-electron chi connectivity index (χ4n) is 2.89. The van der Waals surface area contributed by atoms with Gasteiger partial charge >= 0.3 is 0 Å². The molecular weight excluding hydrogens is 334 g/mol. The molecule has 0 aliphatic carbocycles. The number of hydrogen-bond acceptors (Lipinski definition) is 6. The SMILES string of the molecule is O=C(CCn1cnnn1)N1CCO[C@@H](CO)[C@@H]1c1ccccc1Cl. The maximum Gasteiger partial charge on any atom is 0.225 e. The van der Waals surface area contributed by atoms with Crippen LogP contribution >= 0.6 is 11.6 Å². The molecule has 2 heterocycles. The van der Waals surface area contributed by atoms with E-state index in [4.69, 9.17) is 16.3 Å². The first-order chi connectivity index (χ1) is 11.7. The molecule has 1 amide bonds. The third-order valence-corrected chi connectivity index (χ3v) is 4.37. The van der Waals surface area contributed by atoms with Crippen LogP contribution in [0.25, 0.3) is 0 Å². The fourth-order valence-corrected chi connectivity index (χ4v) is 3.13. The van der Waals surface area contributed by atoms with Crippen LogP contribution in [-0.4, -0.2) is 62.0 Å². The van der Waals surface area contributed by atoms with E-state index >= 15 is 0 Å². The molecule has 9 heteroatoms. The Hall–Kier alpha value is -2.03. The molecule has 1 fully saturated rings. The number of hydrogen-bond donors (Lipinski definition) is 1. The largest absolute Gasteiger partial charge is 0.394 e. The van der Waals surface area contributed by atoms with Crippen LogP contribution in [0.5, 0.6) is 0 Å². The molecule has 2 aromatic rings. The van der Waals surface area contributed by atoms with Gasteiger partial charge < -0.3 is 14.7 Å². The zero-order chi connectivity index (χ0) is 16.9. The first-order valence-electron chi connectivity index (χ1n) is 7.68. The summed E-state index contributed by atoms with van der Waals surface area (Å²) in [7, 11) is 0. The molecule has 0 radical (unpaired) electrons. The van der Waals surface area contributed by atoms with Crippen molar-refractivity contribution in [1.29, 1.82) is 0 Å². The van der Waals surface area contributed by atoms with Gasteiger partial charge in [-0.1, -0.05) is 29.8 Å². The van der Waals surface area contributed by atoms with Crippen LogP contribution in [0.15, 0.2) is 30.6 Å². The zero-order valence-corrected chi connectivity index (χ0v) is 13.7. The van der Waals surface area contributed by atoms with Gasteiger partial charge in [0.2, 0.25) is 5.91 Å². The zero-order valence-electron chi connectivity index (χ0n) is 13.0. The Balaban J connectivity index is 1.80. The first kappa shape index (κ1) is 16.8. The predicted molar refractivity (Wildman–Crippen MR) is 85.2 cm³/mol. The van der Waals surface area contributed by atoms with E-state index in [1.165, 1.54) is 11.0 Å². The monoisotopic (exact) mass is 351 g/mol. The van der Waals surface area contributed by atoms with Crippen molar-refractivity contribution in [3.05, 3.63) is 41.2 Å². The lowest BCUT2D eigenvalue weighted by atomic mass is 9.97. The number of carbonyl (C=O) groups is 1. The van der Waals surface area contributed by atoms with E-state index in [1.54, 1.807) is 11.0 Å². The number of halogens is 1. The minimum Gasteiger partial charge on any atom is -0.394 e. The van der Waals surface area contributed by atoms with E-state index in [0.717, 1.165) is 5.56 Å². The highest BCUT2D eigenvalue weighted by Crippen LogP contribution is 2.34. The fraction of sp³-hybridized carbons (Fsp3) is 0.467. The number of rotatable bonds is 5. The Morgan fingerprint density at radius 1 is 1.42 bits per heavy atom. The third kappa shape index (κ3) is 3.55. The van der Waals surface area contributed by atoms with Gasteiger partial charge in [0.15, 0.2) is 0 Å². The van der Waals surface area contributed by atoms with Gasteiger partial charge in [-0.2, -0.15) is 0 Å². The van der Waals surface area contributed by atoms with Crippen LogP contribution in [0.2, 0.25) is 5.02 Å². The van der Waals surface area contributed by atoms with Crippen LogP contribution in [0.4, 0.5) is 0 Å². The van der Waals surface area contributed by atoms with Crippen molar-refractivity contribution in [2.24, 2.45) is 0 Å². The highest BCUT2D eigenvalue weighted by molar-refractivity contribution is 6.31. The Kier molecular flexibility index (Phi) is 5.39. The molecule has 0 bridgehead atoms. The van der Waals surface area contributed by atoms with Gasteiger partial charge in [0.05, 0.1) is 25.8 Å². The summed E-state index contributed by atoms with van der Waals surface area (Å²) >= 11 is 6.30. The summed E-state index contributed by atoms with van der Waals surface area (Å²) in [5.74, 6) is -0.0582. The second-order valence-corrected chi connectivity index (χ2v) is 5.88. The molecule has 1 aliphatic heterocycles. The maximum atomic E-state index is 12.7. The van der Waals surface area contributed by atoms with E-state index in [-0.39, 0.29) is 18.9 Å². The predicted octanol–water partition coefficient (Wildman–Crippen LogP) is 0.678. The van der Waals surface area contributed by atoms with Crippen molar-refractivity contribution in [2.75, 3.05) is 19.8 Å². The van der Waals surface area contributed by atoms with E-state index in [0.29, 0.717) is 24.7 Å². The summed E-state index contributed by atoms with van der Waals surface area (Å²) < 4.78 is 7.15. The van der Waals surface area contributed by atoms with Gasteiger partial charge in [-0.3, -0.25) is 4.79 Å². The number of amides is 1. The number of morpholine rings is 1. The number of ether oxygens (including phenoxy) is 1. The van der Waals surface area contributed by atoms with E-state index in [2.05, 4.69) is 15.5 Å². The smallest absolute Gasteiger partial charge is 0.225 e. The van der Waals surface area contributed by atoms with Crippen molar-refractivity contribution in [3.8, 4) is 0 Å². The summed E-state index contributed by atoms with van der Waals surface area (Å²) in [6, 6.07) is 6.88. The standard InChI is InChI=1S/C15H18ClN5O3/c16-12-4-2-1-3-11(12)15-13(9-22)24-8-7-21(15)14(23)5-6-20-10-17-18-19-20/h1-4,10,13,15,22H,5-9H2/t13-,15-/m0/s1. The number of carbonyl (C=O) groups excluding carboxylic acids is 1. The second-order valence-electron chi connectivity index (χ2n) is 5.47. The van der Waals surface area contributed by atoms with Gasteiger partial charge in [0, 0.05) is 18.0 Å². The average molecular weight is 352 g/mol. The topological polar surface area (TPSA) is 93.4 Å². The molecule has 2 atom stereocenters. The van der Waals surface area contributed by atoms with Crippen molar-refractivity contribution in [2.45, 2.75) is 25.1 Å². The molecule has 0 saturated carbocycles. The Labute approximate surface area is 144 Å². The van der Waals surface area contributed by atoms with Crippen LogP contribution < -0.4 is 0 Å². The molecular formula is C15H18ClN5O3. The first-order valence-corrected chi connectivity index (χ1v) is 8.05. The molecule has 3 rings (SSSR count). The van der Waals surface area contributed by atoms with Crippen LogP contribution in [0, 0.1) is 0 Å². The quantitative estimate of drug-likeness (QED) is 0.851. The maximum absolute atomic E-state index is 12.7. The summed E-state index contributed by atoms with van der Waals surface area (Å²) in [6.45, 7) is 1.03. The molecule has 128 valence electrons. The van der Waals surface area contributed by atoms with Gasteiger partial charge in [-0.05, 0) is 22.1 Å². The third-order valence-electron chi connectivity index (χ3n) is 4.02. The second kappa shape index (κ2) is 7.69. The number of aryl methyl sites for hydroxylation is 1. The van der Waals surface area contributed by atoms with Gasteiger partial charge in [0.25, 0.3) is 0 Å². The summed E-state index contributed by atoms with van der Waals surface area (Å²) in [6.07, 6.45) is 1.22. The molecule has 0 spiro atoms. The van der Waals surface area contributed by atoms with E-state index < -0.39 is 12.1 Å². The van der Waals surface area contributed by atoms with Gasteiger partial charge in [0.1, 0.15) is 12.4 Å². The number of benzene rings is 1. The average Bonchev–Trinajstić information content (AvgIpc) is 3.13. The Morgan fingerprint density at radius 3 is 2.96 bits per heavy atom. The lowest BCUT2D eigenvalue weighted by molar-refractivity contribution is -0.150. The van der Waals surface area contributed by atoms with Crippen LogP contribution in [0.3, 0.4) is 0 Å². The lowest BCUT2D eigenvalue weighted by Crippen LogP contribution is -2.49. The van der Waals surface area contributed by atoms with Crippen molar-refractivity contribution >= 4 is 17.5 Å². The molecule has 0 unspecified atom stereocenters. The number of aliphatic hydroxyl groups excluding tert-OH is 1. The van der Waals surface area contributed by atoms with Crippen LogP contribution in [0.1, 0.15) is 18.0 Å². The molecule has 8 nitrogen and oxygen atoms in total. The molecule has 1 aromatic carbocycles. The molecule has 1 aliphatic rings. The van der Waals surface area contributed by atoms with Gasteiger partial charge in [-0.15, -0.1) is 5.10 Å². The highest BCUT2D eigenvalue weighted by atomic mass is 35.5. The van der Waals surface area contributed by atoms with E-state index in [1.807, 2.05) is 18.2 Å². The number of aromatic nitrogens is 4. The number of nitrogens with zero attached hydrogens (tertiary/aromatic N) is 5. The Bertz CT molecular complexity index is 682. The molecule has 1 N–H and O–H groups in total. The lowest BCUT2D eigenvalue weighted by Gasteiger charge is -2.41. The highest BCUT2D eigenvalue weighted by Gasteiger charge is 2.36. The van der Waals surface area contributed by atoms with E-state index in [9.17, 15) is 9.90 Å². The van der Waals surface area contributed by atoms with Crippen LogP contribution in [-0.2, 0) is 16.1 Å². The molecule has 24 heavy (non-hydrogen) atoms. The summed E-state index contributed by atoms with van der Waals surface area (Å²) in [5, 5.41) is 21.1. The molecule has 1 aromatic heterocycles. The summed E-state index contributed by atoms with van der Waals surface area (Å²) in [4.78, 5) is 14.4. The van der Waals surface area contributed by atoms with Crippen molar-refractivity contribution < 1.29 is 14.6 Å². The van der Waals surface area contributed by atoms with Crippen molar-refractivity contribution in [1.82, 2.24) is 25.1 Å². The minimum absolute atomic E-state index is 0.0582. The number of tetrazole rings is 1. The minimum atomic E-state index is -0.504.